The number of likely N-dealkylation sites (tertiary alicyclic amines) is 1. The molecule has 7 heteroatoms. The van der Waals surface area contributed by atoms with Crippen LogP contribution in [-0.4, -0.2) is 51.4 Å². The van der Waals surface area contributed by atoms with Gasteiger partial charge in [0.05, 0.1) is 5.41 Å². The molecule has 1 unspecified atom stereocenters. The average molecular weight is 280 g/mol. The number of carbonyl (C=O) groups is 2. The Kier molecular flexibility index (Phi) is 4.26. The minimum absolute atomic E-state index is 0.185. The number of aliphatic carboxylic acids is 1. The number of nitrogens with one attached hydrogen (secondary N) is 1. The highest BCUT2D eigenvalue weighted by Gasteiger charge is 2.42. The van der Waals surface area contributed by atoms with Gasteiger partial charge in [0.1, 0.15) is 0 Å². The molecular formula is C13H20N4O3. The quantitative estimate of drug-likeness (QED) is 0.780. The molecule has 1 aliphatic heterocycles. The fourth-order valence-corrected chi connectivity index (χ4v) is 2.29. The molecule has 1 aromatic rings. The van der Waals surface area contributed by atoms with Gasteiger partial charge in [0.15, 0.2) is 0 Å². The standard InChI is InChI=1S/C13H20N4O3/c1-13(11(18)19)4-9-16(10-13)12(20)14-5-2-7-17-8-3-6-15-17/h3,6,8H,2,4-5,7,9-10H2,1H3,(H,14,20)(H,18,19). The van der Waals surface area contributed by atoms with Gasteiger partial charge in [0.2, 0.25) is 0 Å². The maximum atomic E-state index is 11.9. The van der Waals surface area contributed by atoms with E-state index >= 15 is 0 Å². The first-order chi connectivity index (χ1) is 9.51. The number of hydrogen-bond donors (Lipinski definition) is 2. The summed E-state index contributed by atoms with van der Waals surface area (Å²) in [7, 11) is 0. The lowest BCUT2D eigenvalue weighted by atomic mass is 9.90. The second-order valence-corrected chi connectivity index (χ2v) is 5.39. The first-order valence-corrected chi connectivity index (χ1v) is 6.75. The van der Waals surface area contributed by atoms with Crippen LogP contribution in [0.25, 0.3) is 0 Å². The van der Waals surface area contributed by atoms with Gasteiger partial charge in [-0.15, -0.1) is 0 Å². The zero-order valence-electron chi connectivity index (χ0n) is 11.6. The predicted molar refractivity (Wildman–Crippen MR) is 72.2 cm³/mol. The lowest BCUT2D eigenvalue weighted by molar-refractivity contribution is -0.146. The van der Waals surface area contributed by atoms with Crippen molar-refractivity contribution >= 4 is 12.0 Å². The Morgan fingerprint density at radius 2 is 2.30 bits per heavy atom. The Bertz CT molecular complexity index is 474. The number of aryl methyl sites for hydroxylation is 1. The van der Waals surface area contributed by atoms with Crippen molar-refractivity contribution in [3.05, 3.63) is 18.5 Å². The Hall–Kier alpha value is -2.05. The summed E-state index contributed by atoms with van der Waals surface area (Å²) in [6, 6.07) is 1.67. The summed E-state index contributed by atoms with van der Waals surface area (Å²) in [5, 5.41) is 16.0. The smallest absolute Gasteiger partial charge is 0.317 e. The fraction of sp³-hybridized carbons (Fsp3) is 0.615. The van der Waals surface area contributed by atoms with Gasteiger partial charge >= 0.3 is 12.0 Å². The molecule has 0 spiro atoms. The third-order valence-corrected chi connectivity index (χ3v) is 3.68. The number of nitrogens with zero attached hydrogens (tertiary/aromatic N) is 3. The van der Waals surface area contributed by atoms with Crippen LogP contribution in [-0.2, 0) is 11.3 Å². The molecule has 1 fully saturated rings. The van der Waals surface area contributed by atoms with E-state index in [4.69, 9.17) is 5.11 Å². The topological polar surface area (TPSA) is 87.5 Å². The van der Waals surface area contributed by atoms with Crippen molar-refractivity contribution in [1.82, 2.24) is 20.0 Å². The molecule has 0 aromatic carbocycles. The number of aromatic nitrogens is 2. The SMILES string of the molecule is CC1(C(=O)O)CCN(C(=O)NCCCn2cccn2)C1. The molecule has 7 nitrogen and oxygen atoms in total. The number of carbonyl (C=O) groups excluding carboxylic acids is 1. The molecule has 0 radical (unpaired) electrons. The molecular weight excluding hydrogens is 260 g/mol. The third kappa shape index (κ3) is 3.28. The molecule has 2 amide bonds. The molecule has 0 aliphatic carbocycles. The molecule has 0 saturated carbocycles. The molecule has 2 heterocycles. The van der Waals surface area contributed by atoms with Crippen LogP contribution in [0, 0.1) is 5.41 Å². The Morgan fingerprint density at radius 3 is 2.90 bits per heavy atom. The van der Waals surface area contributed by atoms with Crippen LogP contribution >= 0.6 is 0 Å². The summed E-state index contributed by atoms with van der Waals surface area (Å²) in [4.78, 5) is 24.6. The number of rotatable bonds is 5. The predicted octanol–water partition coefficient (Wildman–Crippen LogP) is 0.779. The monoisotopic (exact) mass is 280 g/mol. The van der Waals surface area contributed by atoms with Crippen LogP contribution in [0.4, 0.5) is 4.79 Å². The summed E-state index contributed by atoms with van der Waals surface area (Å²) >= 11 is 0. The Morgan fingerprint density at radius 1 is 1.50 bits per heavy atom. The van der Waals surface area contributed by atoms with Gasteiger partial charge in [-0.1, -0.05) is 0 Å². The number of carboxylic acids is 1. The molecule has 1 aliphatic rings. The van der Waals surface area contributed by atoms with Crippen molar-refractivity contribution in [1.29, 1.82) is 0 Å². The second kappa shape index (κ2) is 5.94. The van der Waals surface area contributed by atoms with Gasteiger partial charge in [-0.05, 0) is 25.8 Å². The summed E-state index contributed by atoms with van der Waals surface area (Å²) in [6.45, 7) is 3.75. The molecule has 20 heavy (non-hydrogen) atoms. The number of carboxylic acid groups (broad SMARTS) is 1. The van der Waals surface area contributed by atoms with Crippen molar-refractivity contribution in [2.75, 3.05) is 19.6 Å². The molecule has 110 valence electrons. The van der Waals surface area contributed by atoms with E-state index in [-0.39, 0.29) is 12.6 Å². The Labute approximate surface area is 117 Å². The number of hydrogen-bond acceptors (Lipinski definition) is 3. The molecule has 2 N–H and O–H groups in total. The van der Waals surface area contributed by atoms with E-state index in [0.717, 1.165) is 13.0 Å². The van der Waals surface area contributed by atoms with E-state index in [1.165, 1.54) is 0 Å². The van der Waals surface area contributed by atoms with E-state index in [1.807, 2.05) is 16.9 Å². The van der Waals surface area contributed by atoms with E-state index in [0.29, 0.717) is 19.5 Å². The zero-order chi connectivity index (χ0) is 14.6. The minimum atomic E-state index is -0.841. The van der Waals surface area contributed by atoms with Crippen LogP contribution in [0.1, 0.15) is 19.8 Å². The lowest BCUT2D eigenvalue weighted by Gasteiger charge is -2.20. The van der Waals surface area contributed by atoms with Crippen LogP contribution in [0.15, 0.2) is 18.5 Å². The summed E-state index contributed by atoms with van der Waals surface area (Å²) in [5.41, 5.74) is -0.813. The van der Waals surface area contributed by atoms with Gasteiger partial charge in [-0.25, -0.2) is 4.79 Å². The maximum Gasteiger partial charge on any atom is 0.317 e. The van der Waals surface area contributed by atoms with Crippen molar-refractivity contribution in [3.63, 3.8) is 0 Å². The second-order valence-electron chi connectivity index (χ2n) is 5.39. The summed E-state index contributed by atoms with van der Waals surface area (Å²) < 4.78 is 1.81. The van der Waals surface area contributed by atoms with E-state index in [1.54, 1.807) is 18.0 Å². The van der Waals surface area contributed by atoms with Crippen molar-refractivity contribution in [3.8, 4) is 0 Å². The van der Waals surface area contributed by atoms with Crippen molar-refractivity contribution in [2.45, 2.75) is 26.3 Å². The number of amides is 2. The largest absolute Gasteiger partial charge is 0.481 e. The molecule has 2 rings (SSSR count). The molecule has 0 bridgehead atoms. The Balaban J connectivity index is 1.69. The third-order valence-electron chi connectivity index (χ3n) is 3.68. The number of urea groups is 1. The van der Waals surface area contributed by atoms with Crippen LogP contribution in [0.5, 0.6) is 0 Å². The van der Waals surface area contributed by atoms with Gasteiger partial charge in [-0.2, -0.15) is 5.10 Å². The van der Waals surface area contributed by atoms with Gasteiger partial charge in [-0.3, -0.25) is 9.48 Å². The molecule has 1 saturated heterocycles. The summed E-state index contributed by atoms with van der Waals surface area (Å²) in [5.74, 6) is -0.841. The summed E-state index contributed by atoms with van der Waals surface area (Å²) in [6.07, 6.45) is 4.89. The minimum Gasteiger partial charge on any atom is -0.481 e. The van der Waals surface area contributed by atoms with Crippen LogP contribution in [0.3, 0.4) is 0 Å². The van der Waals surface area contributed by atoms with Gasteiger partial charge < -0.3 is 15.3 Å². The van der Waals surface area contributed by atoms with Crippen LogP contribution < -0.4 is 5.32 Å². The highest BCUT2D eigenvalue weighted by molar-refractivity contribution is 5.79. The van der Waals surface area contributed by atoms with Crippen LogP contribution in [0.2, 0.25) is 0 Å². The van der Waals surface area contributed by atoms with E-state index in [2.05, 4.69) is 10.4 Å². The zero-order valence-corrected chi connectivity index (χ0v) is 11.6. The van der Waals surface area contributed by atoms with E-state index < -0.39 is 11.4 Å². The van der Waals surface area contributed by atoms with E-state index in [9.17, 15) is 9.59 Å². The average Bonchev–Trinajstić information content (AvgIpc) is 3.04. The highest BCUT2D eigenvalue weighted by Crippen LogP contribution is 2.29. The van der Waals surface area contributed by atoms with Gasteiger partial charge in [0, 0.05) is 38.6 Å². The van der Waals surface area contributed by atoms with Crippen molar-refractivity contribution < 1.29 is 14.7 Å². The lowest BCUT2D eigenvalue weighted by Crippen LogP contribution is -2.41. The highest BCUT2D eigenvalue weighted by atomic mass is 16.4. The maximum absolute atomic E-state index is 11.9. The molecule has 1 aromatic heterocycles. The van der Waals surface area contributed by atoms with Crippen molar-refractivity contribution in [2.24, 2.45) is 5.41 Å². The first-order valence-electron chi connectivity index (χ1n) is 6.75. The first kappa shape index (κ1) is 14.4. The molecule has 1 atom stereocenters. The van der Waals surface area contributed by atoms with Gasteiger partial charge in [0.25, 0.3) is 0 Å². The normalized spacial score (nSPS) is 21.9. The fourth-order valence-electron chi connectivity index (χ4n) is 2.29.